The Hall–Kier alpha value is -4.16. The second-order valence-electron chi connectivity index (χ2n) is 8.61. The van der Waals surface area contributed by atoms with Crippen LogP contribution in [-0.2, 0) is 6.61 Å². The van der Waals surface area contributed by atoms with Crippen molar-refractivity contribution in [1.29, 1.82) is 5.26 Å². The fourth-order valence-corrected chi connectivity index (χ4v) is 4.29. The van der Waals surface area contributed by atoms with Crippen molar-refractivity contribution in [3.8, 4) is 23.3 Å². The van der Waals surface area contributed by atoms with Crippen LogP contribution in [0.15, 0.2) is 69.0 Å². The van der Waals surface area contributed by atoms with Gasteiger partial charge in [0.1, 0.15) is 12.4 Å². The van der Waals surface area contributed by atoms with Crippen LogP contribution < -0.4 is 19.8 Å². The lowest BCUT2D eigenvalue weighted by atomic mass is 10.1. The highest BCUT2D eigenvalue weighted by molar-refractivity contribution is 9.10. The molecule has 0 aliphatic rings. The molecule has 0 bridgehead atoms. The first-order chi connectivity index (χ1) is 18.4. The molecular weight excluding hydrogens is 548 g/mol. The molecule has 9 heteroatoms. The highest BCUT2D eigenvalue weighted by Gasteiger charge is 2.17. The smallest absolute Gasteiger partial charge is 0.282 e. The summed E-state index contributed by atoms with van der Waals surface area (Å²) in [5.74, 6) is 1.85. The van der Waals surface area contributed by atoms with Crippen molar-refractivity contribution in [2.75, 3.05) is 14.2 Å². The van der Waals surface area contributed by atoms with Crippen LogP contribution in [0, 0.1) is 11.3 Å². The van der Waals surface area contributed by atoms with E-state index in [1.54, 1.807) is 36.5 Å². The predicted molar refractivity (Wildman–Crippen MR) is 150 cm³/mol. The quantitative estimate of drug-likeness (QED) is 0.226. The first kappa shape index (κ1) is 26.9. The molecule has 0 radical (unpaired) electrons. The van der Waals surface area contributed by atoms with Crippen molar-refractivity contribution in [2.45, 2.75) is 32.8 Å². The van der Waals surface area contributed by atoms with Gasteiger partial charge in [-0.25, -0.2) is 4.98 Å². The maximum atomic E-state index is 13.4. The summed E-state index contributed by atoms with van der Waals surface area (Å²) >= 11 is 3.43. The minimum atomic E-state index is -0.252. The average Bonchev–Trinajstić information content (AvgIpc) is 2.95. The van der Waals surface area contributed by atoms with E-state index in [0.717, 1.165) is 16.5 Å². The summed E-state index contributed by atoms with van der Waals surface area (Å²) < 4.78 is 19.3. The molecule has 0 N–H and O–H groups in total. The maximum absolute atomic E-state index is 13.4. The van der Waals surface area contributed by atoms with Gasteiger partial charge in [0.15, 0.2) is 11.5 Å². The van der Waals surface area contributed by atoms with Crippen LogP contribution in [0.3, 0.4) is 0 Å². The molecule has 1 atom stereocenters. The van der Waals surface area contributed by atoms with E-state index in [-0.39, 0.29) is 18.1 Å². The maximum Gasteiger partial charge on any atom is 0.282 e. The van der Waals surface area contributed by atoms with Crippen LogP contribution in [0.4, 0.5) is 0 Å². The Morgan fingerprint density at radius 1 is 1.13 bits per heavy atom. The fraction of sp³-hybridized carbons (Fsp3) is 0.241. The van der Waals surface area contributed by atoms with Gasteiger partial charge in [0.05, 0.1) is 43.0 Å². The lowest BCUT2D eigenvalue weighted by molar-refractivity contribution is 0.265. The first-order valence-corrected chi connectivity index (χ1v) is 12.8. The predicted octanol–water partition coefficient (Wildman–Crippen LogP) is 6.02. The highest BCUT2D eigenvalue weighted by Crippen LogP contribution is 2.39. The molecule has 1 heterocycles. The van der Waals surface area contributed by atoms with Gasteiger partial charge in [-0.15, -0.1) is 0 Å². The van der Waals surface area contributed by atoms with E-state index in [0.29, 0.717) is 45.1 Å². The van der Waals surface area contributed by atoms with Crippen molar-refractivity contribution < 1.29 is 14.2 Å². The summed E-state index contributed by atoms with van der Waals surface area (Å²) in [4.78, 5) is 18.2. The Labute approximate surface area is 229 Å². The zero-order chi connectivity index (χ0) is 27.2. The van der Waals surface area contributed by atoms with E-state index in [9.17, 15) is 10.1 Å². The number of halogens is 1. The number of ether oxygens (including phenoxy) is 3. The van der Waals surface area contributed by atoms with E-state index in [1.165, 1.54) is 18.9 Å². The molecule has 0 saturated carbocycles. The molecular formula is C29H27BrN4O4. The van der Waals surface area contributed by atoms with Crippen LogP contribution in [0.25, 0.3) is 10.9 Å². The Morgan fingerprint density at radius 3 is 2.50 bits per heavy atom. The second-order valence-corrected chi connectivity index (χ2v) is 9.53. The van der Waals surface area contributed by atoms with Gasteiger partial charge >= 0.3 is 0 Å². The summed E-state index contributed by atoms with van der Waals surface area (Å²) in [6, 6.07) is 18.3. The van der Waals surface area contributed by atoms with Crippen LogP contribution in [-0.4, -0.2) is 30.1 Å². The molecule has 0 unspecified atom stereocenters. The van der Waals surface area contributed by atoms with Crippen LogP contribution >= 0.6 is 15.9 Å². The summed E-state index contributed by atoms with van der Waals surface area (Å²) in [6.45, 7) is 4.22. The fourth-order valence-electron chi connectivity index (χ4n) is 3.93. The summed E-state index contributed by atoms with van der Waals surface area (Å²) in [5.41, 5.74) is 2.30. The van der Waals surface area contributed by atoms with E-state index < -0.39 is 0 Å². The lowest BCUT2D eigenvalue weighted by Gasteiger charge is -2.16. The molecule has 0 amide bonds. The Bertz CT molecular complexity index is 1580. The lowest BCUT2D eigenvalue weighted by Crippen LogP contribution is -2.23. The van der Waals surface area contributed by atoms with Gasteiger partial charge in [0.2, 0.25) is 5.75 Å². The molecule has 194 valence electrons. The minimum absolute atomic E-state index is 0.0176. The van der Waals surface area contributed by atoms with Gasteiger partial charge in [-0.05, 0) is 42.8 Å². The molecule has 0 aliphatic carbocycles. The second kappa shape index (κ2) is 11.9. The summed E-state index contributed by atoms with van der Waals surface area (Å²) in [5, 5.41) is 14.4. The summed E-state index contributed by atoms with van der Waals surface area (Å²) in [6.07, 6.45) is 2.37. The number of nitriles is 1. The van der Waals surface area contributed by atoms with Crippen LogP contribution in [0.1, 0.15) is 48.7 Å². The number of benzene rings is 3. The number of hydrogen-bond donors (Lipinski definition) is 0. The van der Waals surface area contributed by atoms with Crippen molar-refractivity contribution in [3.05, 3.63) is 91.9 Å². The number of nitrogens with zero attached hydrogens (tertiary/aromatic N) is 4. The summed E-state index contributed by atoms with van der Waals surface area (Å²) in [7, 11) is 3.06. The molecule has 0 aliphatic heterocycles. The third kappa shape index (κ3) is 5.55. The molecule has 0 spiro atoms. The normalized spacial score (nSPS) is 11.9. The van der Waals surface area contributed by atoms with E-state index in [2.05, 4.69) is 27.1 Å². The van der Waals surface area contributed by atoms with Crippen LogP contribution in [0.2, 0.25) is 0 Å². The Kier molecular flexibility index (Phi) is 8.44. The zero-order valence-electron chi connectivity index (χ0n) is 21.6. The molecule has 4 rings (SSSR count). The minimum Gasteiger partial charge on any atom is -0.493 e. The largest absolute Gasteiger partial charge is 0.493 e. The number of fused-ring (bicyclic) bond motifs is 1. The number of aromatic nitrogens is 2. The third-order valence-corrected chi connectivity index (χ3v) is 6.69. The number of hydrogen-bond acceptors (Lipinski definition) is 7. The van der Waals surface area contributed by atoms with E-state index in [4.69, 9.17) is 19.2 Å². The van der Waals surface area contributed by atoms with Gasteiger partial charge in [0.25, 0.3) is 5.56 Å². The van der Waals surface area contributed by atoms with E-state index >= 15 is 0 Å². The number of rotatable bonds is 9. The van der Waals surface area contributed by atoms with Gasteiger partial charge in [-0.2, -0.15) is 15.0 Å². The molecule has 38 heavy (non-hydrogen) atoms. The SMILES string of the molecule is CC[C@@H](C)c1nc2ccc(Br)cc2c(=O)n1N=Cc1cc(OC)c(OCc2ccccc2C#N)c(OC)c1. The Morgan fingerprint density at radius 2 is 1.84 bits per heavy atom. The first-order valence-electron chi connectivity index (χ1n) is 12.0. The molecule has 1 aromatic heterocycles. The topological polar surface area (TPSA) is 98.7 Å². The van der Waals surface area contributed by atoms with Gasteiger partial charge < -0.3 is 14.2 Å². The highest BCUT2D eigenvalue weighted by atomic mass is 79.9. The van der Waals surface area contributed by atoms with Crippen molar-refractivity contribution in [3.63, 3.8) is 0 Å². The molecule has 8 nitrogen and oxygen atoms in total. The standard InChI is InChI=1S/C29H27BrN4O4/c1-5-18(2)28-33-24-11-10-22(30)14-23(24)29(35)34(28)32-16-19-12-25(36-3)27(26(13-19)37-4)38-17-21-9-7-6-8-20(21)15-31/h6-14,16,18H,5,17H2,1-4H3/t18-/m1/s1. The average molecular weight is 575 g/mol. The van der Waals surface area contributed by atoms with Crippen molar-refractivity contribution >= 4 is 33.0 Å². The monoisotopic (exact) mass is 574 g/mol. The van der Waals surface area contributed by atoms with Crippen molar-refractivity contribution in [2.24, 2.45) is 5.10 Å². The number of methoxy groups -OCH3 is 2. The van der Waals surface area contributed by atoms with Crippen molar-refractivity contribution in [1.82, 2.24) is 9.66 Å². The zero-order valence-corrected chi connectivity index (χ0v) is 23.2. The van der Waals surface area contributed by atoms with Crippen LogP contribution in [0.5, 0.6) is 17.2 Å². The van der Waals surface area contributed by atoms with Gasteiger partial charge in [0, 0.05) is 21.5 Å². The van der Waals surface area contributed by atoms with E-state index in [1.807, 2.05) is 38.1 Å². The molecule has 0 saturated heterocycles. The Balaban J connectivity index is 1.73. The molecule has 3 aromatic carbocycles. The molecule has 0 fully saturated rings. The van der Waals surface area contributed by atoms with Gasteiger partial charge in [-0.3, -0.25) is 4.79 Å². The third-order valence-electron chi connectivity index (χ3n) is 6.20. The molecule has 4 aromatic rings. The van der Waals surface area contributed by atoms with Gasteiger partial charge in [-0.1, -0.05) is 48.0 Å².